The number of aliphatic hydroxyl groups is 2. The van der Waals surface area contributed by atoms with Crippen LogP contribution < -0.4 is 0 Å². The quantitative estimate of drug-likeness (QED) is 0.392. The van der Waals surface area contributed by atoms with Crippen LogP contribution in [0.5, 0.6) is 0 Å². The molecule has 2 heteroatoms. The van der Waals surface area contributed by atoms with Crippen molar-refractivity contribution >= 4 is 0 Å². The SMILES string of the molecule is CC(C)(C)C1=CC(CCCCC2(C(C)(C)C)C=C(C(C)(C)C)C(O)=CC2)(C(C)(C)C)CC=C1O. The van der Waals surface area contributed by atoms with Crippen LogP contribution in [0.4, 0.5) is 0 Å². The summed E-state index contributed by atoms with van der Waals surface area (Å²) in [5.41, 5.74) is 2.36. The molecule has 2 nitrogen and oxygen atoms in total. The second-order valence-electron chi connectivity index (χ2n) is 15.2. The molecule has 2 aliphatic rings. The van der Waals surface area contributed by atoms with E-state index in [9.17, 15) is 10.2 Å². The molecule has 0 aliphatic heterocycles. The van der Waals surface area contributed by atoms with E-state index in [4.69, 9.17) is 0 Å². The van der Waals surface area contributed by atoms with Crippen LogP contribution in [-0.2, 0) is 0 Å². The number of hydrogen-bond donors (Lipinski definition) is 2. The lowest BCUT2D eigenvalue weighted by molar-refractivity contribution is 0.104. The van der Waals surface area contributed by atoms with E-state index in [0.29, 0.717) is 11.5 Å². The Kier molecular flexibility index (Phi) is 7.80. The molecule has 0 amide bonds. The molecule has 2 aliphatic carbocycles. The van der Waals surface area contributed by atoms with E-state index in [2.05, 4.69) is 107 Å². The van der Waals surface area contributed by atoms with Crippen molar-refractivity contribution < 1.29 is 10.2 Å². The first-order chi connectivity index (χ1) is 15.2. The lowest BCUT2D eigenvalue weighted by Gasteiger charge is -2.48. The van der Waals surface area contributed by atoms with Crippen molar-refractivity contribution in [3.05, 3.63) is 47.0 Å². The molecule has 0 radical (unpaired) electrons. The summed E-state index contributed by atoms with van der Waals surface area (Å²) in [6.45, 7) is 27.3. The van der Waals surface area contributed by atoms with Crippen LogP contribution in [0.2, 0.25) is 0 Å². The minimum Gasteiger partial charge on any atom is -0.508 e. The second kappa shape index (κ2) is 9.21. The highest BCUT2D eigenvalue weighted by atomic mass is 16.3. The van der Waals surface area contributed by atoms with Crippen LogP contribution in [0.1, 0.15) is 122 Å². The number of hydrogen-bond acceptors (Lipinski definition) is 2. The van der Waals surface area contributed by atoms with Crippen molar-refractivity contribution in [3.8, 4) is 0 Å². The van der Waals surface area contributed by atoms with Crippen molar-refractivity contribution in [1.29, 1.82) is 0 Å². The Morgan fingerprint density at radius 2 is 0.882 bits per heavy atom. The minimum atomic E-state index is -0.0710. The van der Waals surface area contributed by atoms with E-state index in [1.165, 1.54) is 0 Å². The molecule has 2 atom stereocenters. The predicted octanol–water partition coefficient (Wildman–Crippen LogP) is 10.2. The average molecular weight is 471 g/mol. The molecule has 0 fully saturated rings. The lowest BCUT2D eigenvalue weighted by Crippen LogP contribution is -2.38. The molecule has 0 saturated heterocycles. The van der Waals surface area contributed by atoms with Gasteiger partial charge in [0.25, 0.3) is 0 Å². The molecule has 2 N–H and O–H groups in total. The Balaban J connectivity index is 2.28. The third-order valence-electron chi connectivity index (χ3n) is 8.81. The van der Waals surface area contributed by atoms with Gasteiger partial charge in [-0.2, -0.15) is 0 Å². The topological polar surface area (TPSA) is 40.5 Å². The van der Waals surface area contributed by atoms with Gasteiger partial charge in [0.05, 0.1) is 0 Å². The van der Waals surface area contributed by atoms with E-state index in [-0.39, 0.29) is 32.5 Å². The summed E-state index contributed by atoms with van der Waals surface area (Å²) < 4.78 is 0. The molecule has 2 unspecified atom stereocenters. The Morgan fingerprint density at radius 1 is 0.588 bits per heavy atom. The summed E-state index contributed by atoms with van der Waals surface area (Å²) in [6.07, 6.45) is 15.3. The molecule has 0 aromatic rings. The fourth-order valence-electron chi connectivity index (χ4n) is 5.82. The van der Waals surface area contributed by atoms with Crippen molar-refractivity contribution in [2.24, 2.45) is 32.5 Å². The molecule has 2 rings (SSSR count). The van der Waals surface area contributed by atoms with E-state index in [1.807, 2.05) is 0 Å². The third kappa shape index (κ3) is 5.85. The fraction of sp³-hybridized carbons (Fsp3) is 0.750. The molecular weight excluding hydrogens is 416 g/mol. The Morgan fingerprint density at radius 3 is 1.12 bits per heavy atom. The van der Waals surface area contributed by atoms with Crippen LogP contribution in [0.25, 0.3) is 0 Å². The van der Waals surface area contributed by atoms with Gasteiger partial charge in [0.2, 0.25) is 0 Å². The Labute approximate surface area is 211 Å². The first kappa shape index (κ1) is 28.8. The molecule has 0 bridgehead atoms. The number of aliphatic hydroxyl groups excluding tert-OH is 2. The minimum absolute atomic E-state index is 0.0495. The van der Waals surface area contributed by atoms with Gasteiger partial charge in [0.1, 0.15) is 11.5 Å². The third-order valence-corrected chi connectivity index (χ3v) is 8.81. The van der Waals surface area contributed by atoms with Gasteiger partial charge in [-0.3, -0.25) is 0 Å². The summed E-state index contributed by atoms with van der Waals surface area (Å²) in [7, 11) is 0. The van der Waals surface area contributed by atoms with Gasteiger partial charge in [-0.25, -0.2) is 0 Å². The van der Waals surface area contributed by atoms with Crippen LogP contribution >= 0.6 is 0 Å². The van der Waals surface area contributed by atoms with Crippen molar-refractivity contribution in [2.75, 3.05) is 0 Å². The zero-order chi connectivity index (χ0) is 26.4. The number of unbranched alkanes of at least 4 members (excludes halogenated alkanes) is 1. The van der Waals surface area contributed by atoms with E-state index < -0.39 is 0 Å². The maximum absolute atomic E-state index is 10.6. The summed E-state index contributed by atoms with van der Waals surface area (Å²) in [4.78, 5) is 0. The Hall–Kier alpha value is -1.44. The molecular formula is C32H54O2. The van der Waals surface area contributed by atoms with Crippen molar-refractivity contribution in [2.45, 2.75) is 122 Å². The highest BCUT2D eigenvalue weighted by molar-refractivity contribution is 5.38. The van der Waals surface area contributed by atoms with Gasteiger partial charge < -0.3 is 10.2 Å². The van der Waals surface area contributed by atoms with Gasteiger partial charge >= 0.3 is 0 Å². The molecule has 0 aromatic heterocycles. The first-order valence-corrected chi connectivity index (χ1v) is 13.4. The smallest absolute Gasteiger partial charge is 0.115 e. The predicted molar refractivity (Wildman–Crippen MR) is 148 cm³/mol. The van der Waals surface area contributed by atoms with Crippen LogP contribution in [0.3, 0.4) is 0 Å². The van der Waals surface area contributed by atoms with Crippen LogP contribution in [-0.4, -0.2) is 10.2 Å². The normalized spacial score (nSPS) is 27.1. The van der Waals surface area contributed by atoms with E-state index >= 15 is 0 Å². The van der Waals surface area contributed by atoms with Crippen molar-refractivity contribution in [1.82, 2.24) is 0 Å². The molecule has 34 heavy (non-hydrogen) atoms. The summed E-state index contributed by atoms with van der Waals surface area (Å²) in [6, 6.07) is 0. The number of allylic oxidation sites excluding steroid dienone is 6. The van der Waals surface area contributed by atoms with Gasteiger partial charge in [-0.05, 0) is 81.5 Å². The maximum atomic E-state index is 10.6. The number of rotatable bonds is 5. The fourth-order valence-corrected chi connectivity index (χ4v) is 5.82. The highest BCUT2D eigenvalue weighted by Gasteiger charge is 2.45. The average Bonchev–Trinajstić information content (AvgIpc) is 2.64. The van der Waals surface area contributed by atoms with Crippen LogP contribution in [0, 0.1) is 32.5 Å². The van der Waals surface area contributed by atoms with Crippen molar-refractivity contribution in [3.63, 3.8) is 0 Å². The van der Waals surface area contributed by atoms with Gasteiger partial charge in [0.15, 0.2) is 0 Å². The molecule has 0 spiro atoms. The second-order valence-corrected chi connectivity index (χ2v) is 15.2. The van der Waals surface area contributed by atoms with Crippen LogP contribution in [0.15, 0.2) is 47.0 Å². The van der Waals surface area contributed by atoms with E-state index in [1.54, 1.807) is 0 Å². The molecule has 194 valence electrons. The van der Waals surface area contributed by atoms with E-state index in [0.717, 1.165) is 49.7 Å². The van der Waals surface area contributed by atoms with Gasteiger partial charge in [0, 0.05) is 0 Å². The first-order valence-electron chi connectivity index (χ1n) is 13.4. The largest absolute Gasteiger partial charge is 0.508 e. The Bertz CT molecular complexity index is 794. The monoisotopic (exact) mass is 470 g/mol. The molecule has 0 aromatic carbocycles. The zero-order valence-electron chi connectivity index (χ0n) is 24.4. The highest BCUT2D eigenvalue weighted by Crippen LogP contribution is 2.55. The van der Waals surface area contributed by atoms with Gasteiger partial charge in [-0.15, -0.1) is 0 Å². The summed E-state index contributed by atoms with van der Waals surface area (Å²) in [5, 5.41) is 21.3. The summed E-state index contributed by atoms with van der Waals surface area (Å²) in [5.74, 6) is 0.931. The zero-order valence-corrected chi connectivity index (χ0v) is 24.4. The van der Waals surface area contributed by atoms with Gasteiger partial charge in [-0.1, -0.05) is 108 Å². The molecule has 0 saturated carbocycles. The maximum Gasteiger partial charge on any atom is 0.115 e. The molecule has 0 heterocycles. The standard InChI is InChI=1S/C32H54O2/c1-27(2,3)23-21-31(29(7,8)9,19-15-25(23)33)17-13-14-18-32(30(10,11)12)20-16-26(34)24(22-32)28(4,5)6/h15-16,21-22,33-34H,13-14,17-20H2,1-12H3. The summed E-state index contributed by atoms with van der Waals surface area (Å²) >= 11 is 0. The lowest BCUT2D eigenvalue weighted by atomic mass is 9.57.